The average Bonchev–Trinajstić information content (AvgIpc) is 3.11. The van der Waals surface area contributed by atoms with E-state index in [-0.39, 0.29) is 47.5 Å². The van der Waals surface area contributed by atoms with Crippen LogP contribution in [0.2, 0.25) is 0 Å². The summed E-state index contributed by atoms with van der Waals surface area (Å²) in [5, 5.41) is 46.7. The molecule has 16 nitrogen and oxygen atoms in total. The first-order valence-corrected chi connectivity index (χ1v) is 17.8. The van der Waals surface area contributed by atoms with E-state index in [4.69, 9.17) is 28.4 Å². The third-order valence-corrected chi connectivity index (χ3v) is 10.7. The molecule has 294 valence electrons. The van der Waals surface area contributed by atoms with Crippen molar-refractivity contribution in [2.75, 3.05) is 34.4 Å². The largest absolute Gasteiger partial charge is 0.507 e. The molecular weight excluding hydrogens is 708 g/mol. The first kappa shape index (κ1) is 39.5. The number of carbonyl (C=O) groups is 4. The van der Waals surface area contributed by atoms with Gasteiger partial charge in [0.15, 0.2) is 17.9 Å². The van der Waals surface area contributed by atoms with Crippen molar-refractivity contribution in [2.24, 2.45) is 0 Å². The van der Waals surface area contributed by atoms with E-state index in [2.05, 4.69) is 0 Å². The lowest BCUT2D eigenvalue weighted by atomic mass is 9.72. The number of hydrogen-bond donors (Lipinski definition) is 4. The van der Waals surface area contributed by atoms with E-state index in [0.717, 1.165) is 0 Å². The molecule has 0 bridgehead atoms. The highest BCUT2D eigenvalue weighted by Gasteiger charge is 2.52. The normalized spacial score (nSPS) is 30.0. The Morgan fingerprint density at radius 2 is 1.59 bits per heavy atom. The summed E-state index contributed by atoms with van der Waals surface area (Å²) in [5.41, 5.74) is -4.13. The zero-order valence-electron chi connectivity index (χ0n) is 31.6. The van der Waals surface area contributed by atoms with Gasteiger partial charge in [0.1, 0.15) is 40.9 Å². The van der Waals surface area contributed by atoms with Gasteiger partial charge in [-0.2, -0.15) is 0 Å². The number of phenolic OH excluding ortho intramolecular Hbond substituents is 2. The van der Waals surface area contributed by atoms with E-state index >= 15 is 0 Å². The van der Waals surface area contributed by atoms with Gasteiger partial charge in [-0.25, -0.2) is 9.69 Å². The highest BCUT2D eigenvalue weighted by Crippen LogP contribution is 2.52. The molecule has 0 saturated carbocycles. The molecule has 2 aromatic rings. The zero-order chi connectivity index (χ0) is 39.6. The molecule has 0 spiro atoms. The molecular formula is C38H48N2O14. The molecule has 0 aromatic heterocycles. The van der Waals surface area contributed by atoms with Crippen LogP contribution in [-0.4, -0.2) is 136 Å². The van der Waals surface area contributed by atoms with Gasteiger partial charge in [-0.1, -0.05) is 12.1 Å². The van der Waals surface area contributed by atoms with Crippen molar-refractivity contribution in [2.45, 2.75) is 108 Å². The van der Waals surface area contributed by atoms with E-state index in [0.29, 0.717) is 0 Å². The number of hydrogen-bond acceptors (Lipinski definition) is 15. The van der Waals surface area contributed by atoms with E-state index in [1.54, 1.807) is 32.6 Å². The van der Waals surface area contributed by atoms with E-state index < -0.39 is 113 Å². The van der Waals surface area contributed by atoms with Gasteiger partial charge in [0.2, 0.25) is 5.78 Å². The van der Waals surface area contributed by atoms with Crippen molar-refractivity contribution < 1.29 is 68.0 Å². The molecule has 2 aliphatic carbocycles. The molecule has 16 heteroatoms. The van der Waals surface area contributed by atoms with Gasteiger partial charge in [0.05, 0.1) is 55.2 Å². The number of piperazine rings is 1. The van der Waals surface area contributed by atoms with Crippen LogP contribution in [0.5, 0.6) is 17.2 Å². The number of aromatic hydroxyl groups is 2. The van der Waals surface area contributed by atoms with Crippen molar-refractivity contribution in [1.82, 2.24) is 9.80 Å². The van der Waals surface area contributed by atoms with Crippen molar-refractivity contribution in [3.05, 3.63) is 51.6 Å². The third-order valence-electron chi connectivity index (χ3n) is 10.7. The lowest BCUT2D eigenvalue weighted by molar-refractivity contribution is -0.284. The van der Waals surface area contributed by atoms with Crippen LogP contribution in [0.4, 0.5) is 4.79 Å². The maximum Gasteiger partial charge on any atom is 0.410 e. The van der Waals surface area contributed by atoms with Crippen LogP contribution >= 0.6 is 0 Å². The minimum Gasteiger partial charge on any atom is -0.507 e. The summed E-state index contributed by atoms with van der Waals surface area (Å²) in [7, 11) is 4.26. The zero-order valence-corrected chi connectivity index (χ0v) is 31.6. The molecule has 0 radical (unpaired) electrons. The van der Waals surface area contributed by atoms with E-state index in [1.165, 1.54) is 51.4 Å². The van der Waals surface area contributed by atoms with Gasteiger partial charge < -0.3 is 53.7 Å². The second-order valence-corrected chi connectivity index (χ2v) is 15.3. The summed E-state index contributed by atoms with van der Waals surface area (Å²) in [6.07, 6.45) is -7.47. The van der Waals surface area contributed by atoms with Crippen LogP contribution in [0.1, 0.15) is 96.5 Å². The van der Waals surface area contributed by atoms with Crippen LogP contribution < -0.4 is 4.74 Å². The van der Waals surface area contributed by atoms with Crippen molar-refractivity contribution in [1.29, 1.82) is 0 Å². The van der Waals surface area contributed by atoms with Crippen molar-refractivity contribution >= 4 is 23.4 Å². The van der Waals surface area contributed by atoms with Crippen LogP contribution in [0.15, 0.2) is 18.2 Å². The number of nitrogens with zero attached hydrogens (tertiary/aromatic N) is 2. The Hall–Kier alpha value is -4.16. The first-order chi connectivity index (χ1) is 25.3. The molecule has 2 saturated heterocycles. The van der Waals surface area contributed by atoms with Gasteiger partial charge >= 0.3 is 6.09 Å². The summed E-state index contributed by atoms with van der Waals surface area (Å²) in [4.78, 5) is 57.0. The minimum absolute atomic E-state index is 0.0261. The SMILES string of the molecule is COc1cccc2c1C(=O)c1c(O)c3c(c(O)c1C2=O)C[C@@](O)(C(C)=O)C[C@@H]3O[C@H]1CC(N2C(OC)CN(C(=O)OC(C)(C)C)CC2OC)[C@H](O)[C@H](C)O1. The van der Waals surface area contributed by atoms with Crippen molar-refractivity contribution in [3.8, 4) is 17.2 Å². The molecule has 54 heavy (non-hydrogen) atoms. The number of ether oxygens (including phenoxy) is 6. The monoisotopic (exact) mass is 756 g/mol. The lowest BCUT2D eigenvalue weighted by Gasteiger charge is -2.52. The maximum absolute atomic E-state index is 14.0. The van der Waals surface area contributed by atoms with E-state index in [9.17, 15) is 39.6 Å². The highest BCUT2D eigenvalue weighted by atomic mass is 16.7. The fraction of sp³-hybridized carbons (Fsp3) is 0.579. The van der Waals surface area contributed by atoms with Crippen LogP contribution in [0.3, 0.4) is 0 Å². The Kier molecular flexibility index (Phi) is 10.6. The summed E-state index contributed by atoms with van der Waals surface area (Å²) in [6, 6.07) is 3.66. The number of phenols is 2. The number of rotatable bonds is 7. The molecule has 4 aliphatic rings. The van der Waals surface area contributed by atoms with Gasteiger partial charge in [0, 0.05) is 56.2 Å². The smallest absolute Gasteiger partial charge is 0.410 e. The molecule has 4 N–H and O–H groups in total. The molecule has 2 heterocycles. The molecule has 2 aliphatic heterocycles. The Balaban J connectivity index is 1.37. The number of amides is 1. The standard InChI is InChI=1S/C38H48N2O14/c1-17-31(42)21(40-24(50-7)15-39(16-25(40)51-8)36(47)54-37(3,4)5)12-26(52-17)53-23-14-38(48,18(2)41)13-20-28(23)35(46)30-29(33(20)44)32(43)19-10-9-11-22(49-6)27(19)34(30)45/h9-11,17,21,23-26,31,42,44,46,48H,12-16H2,1-8H3/t17-,21?,23-,24?,25?,26-,31+,38-/m0/s1. The number of aliphatic hydroxyl groups is 2. The third kappa shape index (κ3) is 6.73. The van der Waals surface area contributed by atoms with Gasteiger partial charge in [0.25, 0.3) is 0 Å². The number of aliphatic hydroxyl groups excluding tert-OH is 1. The minimum atomic E-state index is -2.10. The Morgan fingerprint density at radius 1 is 0.963 bits per heavy atom. The summed E-state index contributed by atoms with van der Waals surface area (Å²) in [5.74, 6) is -3.41. The van der Waals surface area contributed by atoms with Gasteiger partial charge in [-0.05, 0) is 40.7 Å². The Morgan fingerprint density at radius 3 is 2.17 bits per heavy atom. The summed E-state index contributed by atoms with van der Waals surface area (Å²) in [6.45, 7) is 8.23. The quantitative estimate of drug-likeness (QED) is 0.255. The average molecular weight is 757 g/mol. The van der Waals surface area contributed by atoms with E-state index in [1.807, 2.05) is 0 Å². The fourth-order valence-electron chi connectivity index (χ4n) is 8.02. The number of benzene rings is 2. The Bertz CT molecular complexity index is 1840. The molecule has 2 fully saturated rings. The number of Topliss-reactive ketones (excluding diaryl/α,β-unsaturated/α-hetero) is 1. The van der Waals surface area contributed by atoms with Crippen LogP contribution in [0, 0.1) is 0 Å². The topological polar surface area (TPSA) is 211 Å². The number of carbonyl (C=O) groups excluding carboxylic acids is 4. The molecule has 3 unspecified atom stereocenters. The summed E-state index contributed by atoms with van der Waals surface area (Å²) < 4.78 is 35.1. The highest BCUT2D eigenvalue weighted by molar-refractivity contribution is 6.31. The first-order valence-electron chi connectivity index (χ1n) is 17.8. The van der Waals surface area contributed by atoms with Crippen molar-refractivity contribution in [3.63, 3.8) is 0 Å². The molecule has 8 atom stereocenters. The maximum atomic E-state index is 14.0. The number of fused-ring (bicyclic) bond motifs is 3. The van der Waals surface area contributed by atoms with Gasteiger partial charge in [-0.15, -0.1) is 0 Å². The lowest BCUT2D eigenvalue weighted by Crippen LogP contribution is -2.68. The predicted octanol–water partition coefficient (Wildman–Crippen LogP) is 2.57. The molecule has 6 rings (SSSR count). The fourth-order valence-corrected chi connectivity index (χ4v) is 8.02. The molecule has 2 aromatic carbocycles. The molecule has 1 amide bonds. The summed E-state index contributed by atoms with van der Waals surface area (Å²) >= 11 is 0. The second kappa shape index (κ2) is 14.5. The van der Waals surface area contributed by atoms with Crippen LogP contribution in [0.25, 0.3) is 0 Å². The second-order valence-electron chi connectivity index (χ2n) is 15.3. The predicted molar refractivity (Wildman–Crippen MR) is 187 cm³/mol. The number of methoxy groups -OCH3 is 3. The Labute approximate surface area is 312 Å². The van der Waals surface area contributed by atoms with Gasteiger partial charge in [-0.3, -0.25) is 14.4 Å². The van der Waals surface area contributed by atoms with Crippen LogP contribution in [-0.2, 0) is 34.9 Å². The number of ketones is 3.